The molecule has 1 aromatic rings. The Morgan fingerprint density at radius 2 is 1.79 bits per heavy atom. The number of hydrogen-bond acceptors (Lipinski definition) is 3. The van der Waals surface area contributed by atoms with E-state index in [-0.39, 0.29) is 28.5 Å². The minimum absolute atomic E-state index is 0.0874. The lowest BCUT2D eigenvalue weighted by atomic mass is 10.1. The van der Waals surface area contributed by atoms with Gasteiger partial charge in [-0.3, -0.25) is 4.79 Å². The summed E-state index contributed by atoms with van der Waals surface area (Å²) in [5.74, 6) is -0.928. The third kappa shape index (κ3) is 3.32. The molecule has 0 aliphatic heterocycles. The van der Waals surface area contributed by atoms with Crippen LogP contribution in [0.25, 0.3) is 0 Å². The molecule has 1 saturated carbocycles. The Kier molecular flexibility index (Phi) is 4.53. The third-order valence-electron chi connectivity index (χ3n) is 3.50. The van der Waals surface area contributed by atoms with E-state index in [1.54, 1.807) is 0 Å². The molecule has 1 aliphatic carbocycles. The normalized spacial score (nSPS) is 23.6. The number of amides is 1. The number of alkyl halides is 1. The van der Waals surface area contributed by atoms with Gasteiger partial charge in [0.1, 0.15) is 17.1 Å². The van der Waals surface area contributed by atoms with Gasteiger partial charge in [-0.05, 0) is 25.0 Å². The van der Waals surface area contributed by atoms with Gasteiger partial charge in [0.15, 0.2) is 0 Å². The first-order valence-corrected chi connectivity index (χ1v) is 6.99. The Morgan fingerprint density at radius 3 is 2.47 bits per heavy atom. The molecule has 1 fully saturated rings. The second kappa shape index (κ2) is 6.15. The van der Waals surface area contributed by atoms with Crippen molar-refractivity contribution >= 4 is 17.5 Å². The highest BCUT2D eigenvalue weighted by atomic mass is 35.5. The molecule has 2 unspecified atom stereocenters. The van der Waals surface area contributed by atoms with Gasteiger partial charge in [0.25, 0.3) is 5.91 Å². The van der Waals surface area contributed by atoms with Gasteiger partial charge >= 0.3 is 0 Å². The lowest BCUT2D eigenvalue weighted by Gasteiger charge is -2.21. The summed E-state index contributed by atoms with van der Waals surface area (Å²) in [6.45, 7) is 0. The molecule has 104 valence electrons. The third-order valence-corrected chi connectivity index (χ3v) is 4.02. The van der Waals surface area contributed by atoms with E-state index in [4.69, 9.17) is 11.6 Å². The molecule has 0 spiro atoms. The van der Waals surface area contributed by atoms with Crippen molar-refractivity contribution in [1.29, 1.82) is 0 Å². The summed E-state index contributed by atoms with van der Waals surface area (Å²) in [5, 5.41) is 22.0. The number of phenolic OH excluding ortho intramolecular Hbond substituents is 2. The highest BCUT2D eigenvalue weighted by Gasteiger charge is 2.25. The Hall–Kier alpha value is -1.42. The van der Waals surface area contributed by atoms with Crippen molar-refractivity contribution in [3.8, 4) is 11.5 Å². The zero-order chi connectivity index (χ0) is 13.8. The molecule has 0 aromatic heterocycles. The number of halogens is 1. The maximum absolute atomic E-state index is 12.1. The average molecular weight is 284 g/mol. The minimum atomic E-state index is -0.479. The van der Waals surface area contributed by atoms with Crippen LogP contribution < -0.4 is 5.32 Å². The van der Waals surface area contributed by atoms with E-state index in [2.05, 4.69) is 5.32 Å². The number of phenols is 2. The molecule has 0 radical (unpaired) electrons. The number of carbonyl (C=O) groups is 1. The van der Waals surface area contributed by atoms with Crippen molar-refractivity contribution in [2.24, 2.45) is 0 Å². The maximum atomic E-state index is 12.1. The molecule has 1 aliphatic rings. The first kappa shape index (κ1) is 14.0. The number of carbonyl (C=O) groups excluding carboxylic acids is 1. The van der Waals surface area contributed by atoms with Gasteiger partial charge in [-0.2, -0.15) is 0 Å². The average Bonchev–Trinajstić information content (AvgIpc) is 2.55. The topological polar surface area (TPSA) is 69.6 Å². The van der Waals surface area contributed by atoms with Crippen molar-refractivity contribution in [3.63, 3.8) is 0 Å². The zero-order valence-corrected chi connectivity index (χ0v) is 11.4. The summed E-state index contributed by atoms with van der Waals surface area (Å²) in [6, 6.07) is 4.12. The summed E-state index contributed by atoms with van der Waals surface area (Å²) in [6.07, 6.45) is 4.92. The van der Waals surface area contributed by atoms with E-state index < -0.39 is 5.91 Å². The van der Waals surface area contributed by atoms with E-state index in [1.807, 2.05) is 0 Å². The Labute approximate surface area is 117 Å². The van der Waals surface area contributed by atoms with Crippen LogP contribution in [-0.2, 0) is 0 Å². The van der Waals surface area contributed by atoms with Crippen molar-refractivity contribution in [1.82, 2.24) is 5.32 Å². The van der Waals surface area contributed by atoms with Crippen LogP contribution in [0.1, 0.15) is 42.5 Å². The maximum Gasteiger partial charge on any atom is 0.259 e. The Bertz CT molecular complexity index is 444. The van der Waals surface area contributed by atoms with Gasteiger partial charge in [0.2, 0.25) is 0 Å². The van der Waals surface area contributed by atoms with E-state index in [1.165, 1.54) is 18.2 Å². The molecule has 0 heterocycles. The minimum Gasteiger partial charge on any atom is -0.507 e. The van der Waals surface area contributed by atoms with Crippen molar-refractivity contribution < 1.29 is 15.0 Å². The molecular weight excluding hydrogens is 266 g/mol. The van der Waals surface area contributed by atoms with Crippen LogP contribution >= 0.6 is 11.6 Å². The van der Waals surface area contributed by atoms with Crippen LogP contribution in [-0.4, -0.2) is 27.5 Å². The highest BCUT2D eigenvalue weighted by molar-refractivity contribution is 6.21. The van der Waals surface area contributed by atoms with Crippen LogP contribution in [0.2, 0.25) is 0 Å². The lowest BCUT2D eigenvalue weighted by molar-refractivity contribution is 0.0928. The van der Waals surface area contributed by atoms with Crippen molar-refractivity contribution in [2.75, 3.05) is 0 Å². The van der Waals surface area contributed by atoms with Crippen LogP contribution in [0.4, 0.5) is 0 Å². The fourth-order valence-electron chi connectivity index (χ4n) is 2.43. The monoisotopic (exact) mass is 283 g/mol. The molecule has 0 saturated heterocycles. The number of aromatic hydroxyl groups is 2. The molecule has 2 atom stereocenters. The van der Waals surface area contributed by atoms with Crippen LogP contribution in [0.5, 0.6) is 11.5 Å². The van der Waals surface area contributed by atoms with E-state index in [0.29, 0.717) is 0 Å². The smallest absolute Gasteiger partial charge is 0.259 e. The second-order valence-corrected chi connectivity index (χ2v) is 5.47. The van der Waals surface area contributed by atoms with E-state index >= 15 is 0 Å². The molecule has 19 heavy (non-hydrogen) atoms. The van der Waals surface area contributed by atoms with Gasteiger partial charge in [0, 0.05) is 6.04 Å². The first-order valence-electron chi connectivity index (χ1n) is 6.55. The summed E-state index contributed by atoms with van der Waals surface area (Å²) in [7, 11) is 0. The number of hydrogen-bond donors (Lipinski definition) is 3. The predicted molar refractivity (Wildman–Crippen MR) is 73.8 cm³/mol. The van der Waals surface area contributed by atoms with Crippen molar-refractivity contribution in [2.45, 2.75) is 43.5 Å². The van der Waals surface area contributed by atoms with Gasteiger partial charge in [-0.1, -0.05) is 25.3 Å². The van der Waals surface area contributed by atoms with Gasteiger partial charge in [-0.25, -0.2) is 0 Å². The summed E-state index contributed by atoms with van der Waals surface area (Å²) < 4.78 is 0. The molecule has 4 nitrogen and oxygen atoms in total. The standard InChI is InChI=1S/C14H18ClNO3/c15-9-5-2-1-3-6-10(9)16-14(19)13-11(17)7-4-8-12(13)18/h4,7-10,17-18H,1-3,5-6H2,(H,16,19). The van der Waals surface area contributed by atoms with Crippen LogP contribution in [0.3, 0.4) is 0 Å². The van der Waals surface area contributed by atoms with Gasteiger partial charge < -0.3 is 15.5 Å². The van der Waals surface area contributed by atoms with E-state index in [9.17, 15) is 15.0 Å². The fourth-order valence-corrected chi connectivity index (χ4v) is 2.77. The van der Waals surface area contributed by atoms with Crippen LogP contribution in [0, 0.1) is 0 Å². The molecule has 2 rings (SSSR count). The molecule has 5 heteroatoms. The molecule has 3 N–H and O–H groups in total. The summed E-state index contributed by atoms with van der Waals surface area (Å²) >= 11 is 6.26. The Balaban J connectivity index is 2.12. The molecule has 1 amide bonds. The second-order valence-electron chi connectivity index (χ2n) is 4.91. The number of nitrogens with one attached hydrogen (secondary N) is 1. The van der Waals surface area contributed by atoms with Crippen LogP contribution in [0.15, 0.2) is 18.2 Å². The summed E-state index contributed by atoms with van der Waals surface area (Å²) in [5.41, 5.74) is -0.0874. The SMILES string of the molecule is O=C(NC1CCCCCC1Cl)c1c(O)cccc1O. The predicted octanol–water partition coefficient (Wildman–Crippen LogP) is 2.77. The highest BCUT2D eigenvalue weighted by Crippen LogP contribution is 2.27. The molecule has 0 bridgehead atoms. The van der Waals surface area contributed by atoms with Gasteiger partial charge in [0.05, 0.1) is 5.38 Å². The van der Waals surface area contributed by atoms with E-state index in [0.717, 1.165) is 32.1 Å². The molecular formula is C14H18ClNO3. The summed E-state index contributed by atoms with van der Waals surface area (Å²) in [4.78, 5) is 12.1. The largest absolute Gasteiger partial charge is 0.507 e. The fraction of sp³-hybridized carbons (Fsp3) is 0.500. The number of benzene rings is 1. The Morgan fingerprint density at radius 1 is 1.16 bits per heavy atom. The number of rotatable bonds is 2. The first-order chi connectivity index (χ1) is 9.09. The van der Waals surface area contributed by atoms with Gasteiger partial charge in [-0.15, -0.1) is 11.6 Å². The van der Waals surface area contributed by atoms with Crippen molar-refractivity contribution in [3.05, 3.63) is 23.8 Å². The zero-order valence-electron chi connectivity index (χ0n) is 10.6. The molecule has 1 aromatic carbocycles. The quantitative estimate of drug-likeness (QED) is 0.577. The lowest BCUT2D eigenvalue weighted by Crippen LogP contribution is -2.40.